The summed E-state index contributed by atoms with van der Waals surface area (Å²) in [6.07, 6.45) is 11.0. The van der Waals surface area contributed by atoms with Gasteiger partial charge in [0.15, 0.2) is 0 Å². The van der Waals surface area contributed by atoms with Crippen LogP contribution in [0.4, 0.5) is 0 Å². The molecule has 7 nitrogen and oxygen atoms in total. The maximum absolute atomic E-state index is 13.2. The van der Waals surface area contributed by atoms with E-state index in [4.69, 9.17) is 0 Å². The molecule has 0 spiro atoms. The molecule has 0 aromatic carbocycles. The molecule has 1 atom stereocenters. The molecule has 2 saturated heterocycles. The molecule has 142 valence electrons. The molecular formula is C19H29N5O2. The number of rotatable bonds is 4. The largest absolute Gasteiger partial charge is 0.353 e. The number of H-pyrrole nitrogens is 1. The summed E-state index contributed by atoms with van der Waals surface area (Å²) in [5.41, 5.74) is 0.890. The summed E-state index contributed by atoms with van der Waals surface area (Å²) >= 11 is 0. The molecule has 3 heterocycles. The first-order chi connectivity index (χ1) is 12.7. The van der Waals surface area contributed by atoms with Crippen LogP contribution in [-0.4, -0.2) is 69.8 Å². The van der Waals surface area contributed by atoms with Gasteiger partial charge in [-0.2, -0.15) is 0 Å². The number of aromatic nitrogens is 2. The minimum absolute atomic E-state index is 0.0532. The fraction of sp³-hybridized carbons (Fsp3) is 0.737. The number of piperazine rings is 1. The van der Waals surface area contributed by atoms with Gasteiger partial charge in [-0.1, -0.05) is 12.8 Å². The summed E-state index contributed by atoms with van der Waals surface area (Å²) in [5, 5.41) is 2.90. The SMILES string of the molecule is O=C1NCCN(C(=O)C2CCN(C3CCCC3)CC2)[C@H]1Cc1cnc[nH]1. The second kappa shape index (κ2) is 7.78. The Bertz CT molecular complexity index is 618. The summed E-state index contributed by atoms with van der Waals surface area (Å²) in [4.78, 5) is 37.0. The number of piperidine rings is 1. The van der Waals surface area contributed by atoms with Crippen LogP contribution >= 0.6 is 0 Å². The van der Waals surface area contributed by atoms with E-state index >= 15 is 0 Å². The highest BCUT2D eigenvalue weighted by molar-refractivity contribution is 5.89. The van der Waals surface area contributed by atoms with Crippen LogP contribution in [0.5, 0.6) is 0 Å². The van der Waals surface area contributed by atoms with Gasteiger partial charge in [-0.3, -0.25) is 9.59 Å². The number of nitrogens with one attached hydrogen (secondary N) is 2. The summed E-state index contributed by atoms with van der Waals surface area (Å²) in [5.74, 6) is 0.167. The zero-order valence-corrected chi connectivity index (χ0v) is 15.3. The van der Waals surface area contributed by atoms with Gasteiger partial charge in [0.2, 0.25) is 11.8 Å². The van der Waals surface area contributed by atoms with Gasteiger partial charge in [0, 0.05) is 43.4 Å². The van der Waals surface area contributed by atoms with Crippen molar-refractivity contribution in [1.82, 2.24) is 25.1 Å². The average Bonchev–Trinajstić information content (AvgIpc) is 3.37. The molecule has 1 aliphatic carbocycles. The number of imidazole rings is 1. The van der Waals surface area contributed by atoms with Crippen LogP contribution in [0.25, 0.3) is 0 Å². The predicted octanol–water partition coefficient (Wildman–Crippen LogP) is 0.934. The smallest absolute Gasteiger partial charge is 0.243 e. The lowest BCUT2D eigenvalue weighted by molar-refractivity contribution is -0.147. The van der Waals surface area contributed by atoms with E-state index in [1.54, 1.807) is 12.5 Å². The Morgan fingerprint density at radius 1 is 1.15 bits per heavy atom. The van der Waals surface area contributed by atoms with Crippen LogP contribution < -0.4 is 5.32 Å². The summed E-state index contributed by atoms with van der Waals surface area (Å²) in [6.45, 7) is 3.19. The maximum Gasteiger partial charge on any atom is 0.243 e. The van der Waals surface area contributed by atoms with Crippen molar-refractivity contribution >= 4 is 11.8 Å². The van der Waals surface area contributed by atoms with Gasteiger partial charge in [0.1, 0.15) is 6.04 Å². The van der Waals surface area contributed by atoms with E-state index in [9.17, 15) is 9.59 Å². The van der Waals surface area contributed by atoms with E-state index in [1.165, 1.54) is 25.7 Å². The lowest BCUT2D eigenvalue weighted by Gasteiger charge is -2.40. The van der Waals surface area contributed by atoms with Crippen LogP contribution in [0.3, 0.4) is 0 Å². The molecule has 26 heavy (non-hydrogen) atoms. The lowest BCUT2D eigenvalue weighted by Crippen LogP contribution is -2.59. The number of hydrogen-bond acceptors (Lipinski definition) is 4. The minimum atomic E-state index is -0.426. The van der Waals surface area contributed by atoms with Crippen molar-refractivity contribution < 1.29 is 9.59 Å². The number of likely N-dealkylation sites (tertiary alicyclic amines) is 1. The molecule has 2 amide bonds. The Balaban J connectivity index is 1.38. The molecule has 0 bridgehead atoms. The van der Waals surface area contributed by atoms with Crippen molar-refractivity contribution in [2.45, 2.75) is 57.0 Å². The van der Waals surface area contributed by atoms with Crippen molar-refractivity contribution in [2.75, 3.05) is 26.2 Å². The minimum Gasteiger partial charge on any atom is -0.353 e. The first-order valence-corrected chi connectivity index (χ1v) is 10.0. The van der Waals surface area contributed by atoms with Gasteiger partial charge in [0.25, 0.3) is 0 Å². The Morgan fingerprint density at radius 3 is 2.62 bits per heavy atom. The fourth-order valence-electron chi connectivity index (χ4n) is 4.80. The first-order valence-electron chi connectivity index (χ1n) is 10.0. The first kappa shape index (κ1) is 17.5. The number of amides is 2. The van der Waals surface area contributed by atoms with Gasteiger partial charge in [-0.15, -0.1) is 0 Å². The molecule has 7 heteroatoms. The van der Waals surface area contributed by atoms with Gasteiger partial charge in [-0.25, -0.2) is 4.98 Å². The van der Waals surface area contributed by atoms with Gasteiger partial charge in [0.05, 0.1) is 6.33 Å². The number of carbonyl (C=O) groups is 2. The second-order valence-corrected chi connectivity index (χ2v) is 7.87. The van der Waals surface area contributed by atoms with Gasteiger partial charge >= 0.3 is 0 Å². The monoisotopic (exact) mass is 359 g/mol. The van der Waals surface area contributed by atoms with Crippen molar-refractivity contribution in [3.8, 4) is 0 Å². The average molecular weight is 359 g/mol. The Kier molecular flexibility index (Phi) is 5.24. The van der Waals surface area contributed by atoms with E-state index in [0.717, 1.165) is 37.7 Å². The second-order valence-electron chi connectivity index (χ2n) is 7.87. The van der Waals surface area contributed by atoms with Gasteiger partial charge < -0.3 is 20.1 Å². The van der Waals surface area contributed by atoms with Crippen molar-refractivity contribution in [1.29, 1.82) is 0 Å². The van der Waals surface area contributed by atoms with Crippen LogP contribution in [0.2, 0.25) is 0 Å². The molecule has 0 unspecified atom stereocenters. The number of carbonyl (C=O) groups excluding carboxylic acids is 2. The molecule has 3 aliphatic rings. The Morgan fingerprint density at radius 2 is 1.92 bits per heavy atom. The molecule has 2 aliphatic heterocycles. The van der Waals surface area contributed by atoms with Crippen LogP contribution in [-0.2, 0) is 16.0 Å². The summed E-state index contributed by atoms with van der Waals surface area (Å²) in [6, 6.07) is 0.310. The molecule has 4 rings (SSSR count). The maximum atomic E-state index is 13.2. The molecule has 2 N–H and O–H groups in total. The fourth-order valence-corrected chi connectivity index (χ4v) is 4.80. The van der Waals surface area contributed by atoms with Crippen molar-refractivity contribution in [2.24, 2.45) is 5.92 Å². The van der Waals surface area contributed by atoms with E-state index in [1.807, 2.05) is 4.90 Å². The zero-order chi connectivity index (χ0) is 17.9. The van der Waals surface area contributed by atoms with E-state index in [0.29, 0.717) is 19.5 Å². The zero-order valence-electron chi connectivity index (χ0n) is 15.3. The lowest BCUT2D eigenvalue weighted by atomic mass is 9.92. The number of hydrogen-bond donors (Lipinski definition) is 2. The standard InChI is InChI=1S/C19H29N5O2/c25-18-17(11-15-12-20-13-22-15)24(10-7-21-18)19(26)14-5-8-23(9-6-14)16-3-1-2-4-16/h12-14,16-17H,1-11H2,(H,20,22)(H,21,25)/t17-/m0/s1. The van der Waals surface area contributed by atoms with E-state index in [-0.39, 0.29) is 17.7 Å². The highest BCUT2D eigenvalue weighted by Crippen LogP contribution is 2.29. The topological polar surface area (TPSA) is 81.3 Å². The van der Waals surface area contributed by atoms with E-state index in [2.05, 4.69) is 20.2 Å². The number of nitrogens with zero attached hydrogens (tertiary/aromatic N) is 3. The van der Waals surface area contributed by atoms with Gasteiger partial charge in [-0.05, 0) is 38.8 Å². The molecule has 1 saturated carbocycles. The Labute approximate surface area is 154 Å². The highest BCUT2D eigenvalue weighted by Gasteiger charge is 2.38. The molecule has 1 aromatic rings. The predicted molar refractivity (Wildman–Crippen MR) is 97.4 cm³/mol. The number of aromatic amines is 1. The normalized spacial score (nSPS) is 26.2. The van der Waals surface area contributed by atoms with Crippen LogP contribution in [0, 0.1) is 5.92 Å². The third kappa shape index (κ3) is 3.63. The summed E-state index contributed by atoms with van der Waals surface area (Å²) in [7, 11) is 0. The van der Waals surface area contributed by atoms with E-state index < -0.39 is 6.04 Å². The van der Waals surface area contributed by atoms with Crippen molar-refractivity contribution in [3.05, 3.63) is 18.2 Å². The quantitative estimate of drug-likeness (QED) is 0.838. The van der Waals surface area contributed by atoms with Crippen LogP contribution in [0.1, 0.15) is 44.2 Å². The van der Waals surface area contributed by atoms with Crippen molar-refractivity contribution in [3.63, 3.8) is 0 Å². The molecule has 1 aromatic heterocycles. The molecular weight excluding hydrogens is 330 g/mol. The Hall–Kier alpha value is -1.89. The summed E-state index contributed by atoms with van der Waals surface area (Å²) < 4.78 is 0. The molecule has 0 radical (unpaired) electrons. The third-order valence-electron chi connectivity index (χ3n) is 6.30. The third-order valence-corrected chi connectivity index (χ3v) is 6.30. The molecule has 3 fully saturated rings. The highest BCUT2D eigenvalue weighted by atomic mass is 16.2. The van der Waals surface area contributed by atoms with Crippen LogP contribution in [0.15, 0.2) is 12.5 Å².